The van der Waals surface area contributed by atoms with Crippen molar-refractivity contribution in [3.05, 3.63) is 60.2 Å². The number of esters is 1. The molecule has 1 rings (SSSR count). The summed E-state index contributed by atoms with van der Waals surface area (Å²) in [7, 11) is 1.46. The third-order valence-electron chi connectivity index (χ3n) is 8.54. The maximum absolute atomic E-state index is 10.9. The van der Waals surface area contributed by atoms with Gasteiger partial charge in [-0.15, -0.1) is 0 Å². The molecule has 290 valence electrons. The summed E-state index contributed by atoms with van der Waals surface area (Å²) in [6, 6.07) is 8.30. The van der Waals surface area contributed by atoms with Gasteiger partial charge in [0, 0.05) is 12.8 Å². The molecular weight excluding hydrogens is 647 g/mol. The molecule has 0 bridgehead atoms. The van der Waals surface area contributed by atoms with Gasteiger partial charge in [0.25, 0.3) is 0 Å². The van der Waals surface area contributed by atoms with Crippen molar-refractivity contribution in [3.63, 3.8) is 0 Å². The standard InChI is InChI=1S/C19H36O2.C18H34O2.C7H6O2.Na.H/c1-3-4-5-6-7-8-9-10-11-12-13-14-15-16-17-18-19(20)21-2;1-2-3-4-5-6-7-8-9-10-11-12-13-14-15-16-17-18(19)20;8-7(9)6-4-2-1-3-5-6;;/h10-11H,3-9,12-18H2,1-2H3;9-10H,2-8,11-17H2,1H3,(H,19,20);1-5H,(H,8,9);;/b11-10-;10-9-;;;. The van der Waals surface area contributed by atoms with Crippen LogP contribution >= 0.6 is 0 Å². The Hall–Kier alpha value is -1.89. The number of carbonyl (C=O) groups excluding carboxylic acids is 1. The second kappa shape index (κ2) is 46.1. The Labute approximate surface area is 336 Å². The summed E-state index contributed by atoms with van der Waals surface area (Å²) >= 11 is 0. The molecule has 0 atom stereocenters. The van der Waals surface area contributed by atoms with Crippen molar-refractivity contribution in [2.45, 2.75) is 194 Å². The van der Waals surface area contributed by atoms with E-state index in [0.717, 1.165) is 25.7 Å². The van der Waals surface area contributed by atoms with E-state index in [4.69, 9.17) is 10.2 Å². The van der Waals surface area contributed by atoms with E-state index < -0.39 is 11.9 Å². The van der Waals surface area contributed by atoms with Crippen LogP contribution in [-0.2, 0) is 14.3 Å². The van der Waals surface area contributed by atoms with Crippen LogP contribution < -0.4 is 0 Å². The van der Waals surface area contributed by atoms with Crippen LogP contribution in [0.3, 0.4) is 0 Å². The third kappa shape index (κ3) is 48.1. The molecule has 7 heteroatoms. The van der Waals surface area contributed by atoms with Gasteiger partial charge in [-0.25, -0.2) is 4.79 Å². The number of rotatable bonds is 31. The zero-order valence-electron chi connectivity index (χ0n) is 32.5. The van der Waals surface area contributed by atoms with Gasteiger partial charge in [0.1, 0.15) is 0 Å². The summed E-state index contributed by atoms with van der Waals surface area (Å²) in [5.41, 5.74) is 0.331. The number of hydrogen-bond acceptors (Lipinski definition) is 4. The van der Waals surface area contributed by atoms with Gasteiger partial charge in [0.2, 0.25) is 0 Å². The minimum absolute atomic E-state index is 0. The van der Waals surface area contributed by atoms with E-state index in [-0.39, 0.29) is 35.5 Å². The number of unbranched alkanes of at least 4 members (excludes halogenated alkanes) is 22. The van der Waals surface area contributed by atoms with Crippen LogP contribution in [0.25, 0.3) is 0 Å². The van der Waals surface area contributed by atoms with Crippen molar-refractivity contribution < 1.29 is 29.3 Å². The molecule has 0 heterocycles. The molecule has 6 nitrogen and oxygen atoms in total. The molecule has 0 aliphatic heterocycles. The predicted octanol–water partition coefficient (Wildman–Crippen LogP) is 13.0. The van der Waals surface area contributed by atoms with Crippen LogP contribution in [-0.4, -0.2) is 64.8 Å². The molecule has 51 heavy (non-hydrogen) atoms. The summed E-state index contributed by atoms with van der Waals surface area (Å²) in [4.78, 5) is 31.4. The fourth-order valence-corrected chi connectivity index (χ4v) is 5.37. The van der Waals surface area contributed by atoms with Gasteiger partial charge in [0.05, 0.1) is 12.7 Å². The maximum atomic E-state index is 10.9. The molecule has 1 aromatic rings. The molecule has 0 aliphatic carbocycles. The zero-order chi connectivity index (χ0) is 37.2. The number of methoxy groups -OCH3 is 1. The van der Waals surface area contributed by atoms with Gasteiger partial charge in [-0.3, -0.25) is 9.59 Å². The number of aliphatic carboxylic acids is 1. The Balaban J connectivity index is -0.000000717. The second-order valence-electron chi connectivity index (χ2n) is 13.3. The topological polar surface area (TPSA) is 101 Å². The molecule has 0 spiro atoms. The van der Waals surface area contributed by atoms with Gasteiger partial charge in [-0.05, 0) is 76.3 Å². The van der Waals surface area contributed by atoms with Crippen molar-refractivity contribution in [2.24, 2.45) is 0 Å². The number of carbonyl (C=O) groups is 3. The molecule has 0 unspecified atom stereocenters. The second-order valence-corrected chi connectivity index (χ2v) is 13.3. The van der Waals surface area contributed by atoms with Crippen molar-refractivity contribution in [1.29, 1.82) is 0 Å². The van der Waals surface area contributed by atoms with E-state index in [0.29, 0.717) is 18.4 Å². The Morgan fingerprint density at radius 1 is 0.510 bits per heavy atom. The van der Waals surface area contributed by atoms with Crippen molar-refractivity contribution in [3.8, 4) is 0 Å². The average molecular weight is 725 g/mol. The van der Waals surface area contributed by atoms with Crippen LogP contribution in [0, 0.1) is 0 Å². The van der Waals surface area contributed by atoms with Gasteiger partial charge in [-0.2, -0.15) is 0 Å². The Morgan fingerprint density at radius 2 is 0.843 bits per heavy atom. The van der Waals surface area contributed by atoms with E-state index in [1.165, 1.54) is 148 Å². The van der Waals surface area contributed by atoms with E-state index in [1.807, 2.05) is 0 Å². The fraction of sp³-hybridized carbons (Fsp3) is 0.705. The monoisotopic (exact) mass is 725 g/mol. The molecule has 0 amide bonds. The van der Waals surface area contributed by atoms with Crippen LogP contribution in [0.1, 0.15) is 204 Å². The predicted molar refractivity (Wildman–Crippen MR) is 219 cm³/mol. The van der Waals surface area contributed by atoms with E-state index in [1.54, 1.807) is 30.3 Å². The van der Waals surface area contributed by atoms with Crippen LogP contribution in [0.4, 0.5) is 0 Å². The average Bonchev–Trinajstić information content (AvgIpc) is 3.12. The summed E-state index contributed by atoms with van der Waals surface area (Å²) < 4.78 is 4.62. The molecule has 0 aromatic heterocycles. The Morgan fingerprint density at radius 3 is 1.16 bits per heavy atom. The van der Waals surface area contributed by atoms with Crippen molar-refractivity contribution >= 4 is 47.5 Å². The van der Waals surface area contributed by atoms with Crippen molar-refractivity contribution in [1.82, 2.24) is 0 Å². The van der Waals surface area contributed by atoms with Gasteiger partial charge < -0.3 is 14.9 Å². The van der Waals surface area contributed by atoms with E-state index in [9.17, 15) is 14.4 Å². The number of benzene rings is 1. The number of carboxylic acid groups (broad SMARTS) is 2. The van der Waals surface area contributed by atoms with Gasteiger partial charge in [-0.1, -0.05) is 159 Å². The molecule has 2 N–H and O–H groups in total. The minimum atomic E-state index is -0.879. The molecule has 0 fully saturated rings. The number of carboxylic acids is 2. The summed E-state index contributed by atoms with van der Waals surface area (Å²) in [6.45, 7) is 4.52. The number of hydrogen-bond donors (Lipinski definition) is 2. The van der Waals surface area contributed by atoms with Crippen LogP contribution in [0.5, 0.6) is 0 Å². The number of ether oxygens (including phenoxy) is 1. The third-order valence-corrected chi connectivity index (χ3v) is 8.54. The summed E-state index contributed by atoms with van der Waals surface area (Å²) in [6.07, 6.45) is 43.2. The normalized spacial score (nSPS) is 10.6. The number of aromatic carboxylic acids is 1. The van der Waals surface area contributed by atoms with Crippen molar-refractivity contribution in [2.75, 3.05) is 7.11 Å². The molecule has 0 saturated carbocycles. The number of allylic oxidation sites excluding steroid dienone is 4. The first kappa shape index (κ1) is 53.5. The molecule has 0 aliphatic rings. The fourth-order valence-electron chi connectivity index (χ4n) is 5.37. The zero-order valence-corrected chi connectivity index (χ0v) is 32.5. The first-order chi connectivity index (χ1) is 24.4. The summed E-state index contributed by atoms with van der Waals surface area (Å²) in [5.74, 6) is -1.62. The van der Waals surface area contributed by atoms with Crippen LogP contribution in [0.2, 0.25) is 0 Å². The molecule has 0 saturated heterocycles. The molecule has 1 aromatic carbocycles. The van der Waals surface area contributed by atoms with E-state index in [2.05, 4.69) is 42.9 Å². The first-order valence-corrected chi connectivity index (χ1v) is 20.3. The summed E-state index contributed by atoms with van der Waals surface area (Å²) in [5, 5.41) is 16.9. The van der Waals surface area contributed by atoms with Crippen LogP contribution in [0.15, 0.2) is 54.6 Å². The molecular formula is C44H77NaO6. The molecule has 0 radical (unpaired) electrons. The Kier molecular flexibility index (Phi) is 48.4. The van der Waals surface area contributed by atoms with Gasteiger partial charge in [0.15, 0.2) is 0 Å². The van der Waals surface area contributed by atoms with E-state index >= 15 is 0 Å². The quantitative estimate of drug-likeness (QED) is 0.0342. The van der Waals surface area contributed by atoms with Gasteiger partial charge >= 0.3 is 47.5 Å². The Bertz CT molecular complexity index is 931. The first-order valence-electron chi connectivity index (χ1n) is 20.3. The SMILES string of the molecule is CCCCCCCC/C=C\CCCCCCCC(=O)O.CCCCCCCC/C=C\CCCCCCCC(=O)OC.O=C(O)c1ccccc1.[NaH].